The Morgan fingerprint density at radius 2 is 1.38 bits per heavy atom. The van der Waals surface area contributed by atoms with Crippen LogP contribution in [0.5, 0.6) is 0 Å². The zero-order valence-electron chi connectivity index (χ0n) is 10.8. The van der Waals surface area contributed by atoms with Gasteiger partial charge in [-0.1, -0.05) is 59.6 Å². The van der Waals surface area contributed by atoms with Gasteiger partial charge in [0.15, 0.2) is 0 Å². The molecule has 4 heteroatoms. The molecule has 1 atom stereocenters. The van der Waals surface area contributed by atoms with E-state index in [1.165, 1.54) is 6.07 Å². The van der Waals surface area contributed by atoms with Crippen LogP contribution in [-0.2, 0) is 0 Å². The smallest absolute Gasteiger partial charge is 0.131 e. The molecule has 0 bridgehead atoms. The molecule has 0 saturated carbocycles. The highest BCUT2D eigenvalue weighted by Crippen LogP contribution is 2.40. The zero-order valence-corrected chi connectivity index (χ0v) is 13.1. The average Bonchev–Trinajstić information content (AvgIpc) is 2.47. The Morgan fingerprint density at radius 3 is 2.05 bits per heavy atom. The van der Waals surface area contributed by atoms with Gasteiger partial charge in [0, 0.05) is 21.0 Å². The van der Waals surface area contributed by atoms with Crippen LogP contribution in [0.4, 0.5) is 4.39 Å². The van der Waals surface area contributed by atoms with Crippen LogP contribution in [0.25, 0.3) is 10.8 Å². The van der Waals surface area contributed by atoms with Crippen molar-refractivity contribution < 1.29 is 4.39 Å². The molecule has 0 aliphatic heterocycles. The topological polar surface area (TPSA) is 0 Å². The summed E-state index contributed by atoms with van der Waals surface area (Å²) in [6.07, 6.45) is 0. The number of hydrogen-bond donors (Lipinski definition) is 0. The first kappa shape index (κ1) is 14.6. The van der Waals surface area contributed by atoms with Crippen molar-refractivity contribution in [1.29, 1.82) is 0 Å². The molecule has 0 heterocycles. The molecule has 0 amide bonds. The van der Waals surface area contributed by atoms with E-state index in [1.807, 2.05) is 12.1 Å². The van der Waals surface area contributed by atoms with Crippen LogP contribution in [0.3, 0.4) is 0 Å². The maximum absolute atomic E-state index is 13.9. The van der Waals surface area contributed by atoms with Crippen molar-refractivity contribution in [2.75, 3.05) is 0 Å². The Morgan fingerprint density at radius 1 is 0.762 bits per heavy atom. The lowest BCUT2D eigenvalue weighted by atomic mass is 9.97. The molecule has 0 aliphatic carbocycles. The van der Waals surface area contributed by atoms with Gasteiger partial charge in [-0.05, 0) is 29.1 Å². The summed E-state index contributed by atoms with van der Waals surface area (Å²) in [5.41, 5.74) is 1.42. The molecular formula is C17H10Cl3F. The lowest BCUT2D eigenvalue weighted by molar-refractivity contribution is 0.639. The van der Waals surface area contributed by atoms with Crippen LogP contribution in [0.2, 0.25) is 10.0 Å². The first-order chi connectivity index (χ1) is 10.1. The minimum Gasteiger partial charge on any atom is -0.206 e. The summed E-state index contributed by atoms with van der Waals surface area (Å²) < 4.78 is 13.9. The highest BCUT2D eigenvalue weighted by atomic mass is 35.5. The number of benzene rings is 3. The minimum absolute atomic E-state index is 0.275. The van der Waals surface area contributed by atoms with Gasteiger partial charge >= 0.3 is 0 Å². The molecule has 0 aliphatic rings. The Labute approximate surface area is 137 Å². The third-order valence-electron chi connectivity index (χ3n) is 3.43. The van der Waals surface area contributed by atoms with Gasteiger partial charge in [-0.3, -0.25) is 0 Å². The maximum atomic E-state index is 13.9. The van der Waals surface area contributed by atoms with Gasteiger partial charge in [0.25, 0.3) is 0 Å². The van der Waals surface area contributed by atoms with Crippen molar-refractivity contribution in [3.8, 4) is 0 Å². The van der Waals surface area contributed by atoms with E-state index >= 15 is 0 Å². The molecule has 21 heavy (non-hydrogen) atoms. The highest BCUT2D eigenvalue weighted by Gasteiger charge is 2.20. The molecule has 0 nitrogen and oxygen atoms in total. The second-order valence-electron chi connectivity index (χ2n) is 4.68. The monoisotopic (exact) mass is 338 g/mol. The largest absolute Gasteiger partial charge is 0.206 e. The van der Waals surface area contributed by atoms with E-state index in [4.69, 9.17) is 34.8 Å². The maximum Gasteiger partial charge on any atom is 0.131 e. The molecule has 0 aromatic heterocycles. The summed E-state index contributed by atoms with van der Waals surface area (Å²) in [6, 6.07) is 15.5. The SMILES string of the molecule is Fc1ccc(C(Cl)c2c(Cl)cccc2Cl)c2ccccc12. The molecule has 3 aromatic rings. The summed E-state index contributed by atoms with van der Waals surface area (Å²) in [5.74, 6) is -0.275. The fourth-order valence-corrected chi connectivity index (χ4v) is 3.57. The van der Waals surface area contributed by atoms with E-state index in [1.54, 1.807) is 36.4 Å². The fraction of sp³-hybridized carbons (Fsp3) is 0.0588. The number of fused-ring (bicyclic) bond motifs is 1. The normalized spacial score (nSPS) is 12.6. The van der Waals surface area contributed by atoms with Crippen LogP contribution < -0.4 is 0 Å². The molecule has 1 unspecified atom stereocenters. The van der Waals surface area contributed by atoms with E-state index < -0.39 is 5.38 Å². The number of halogens is 4. The zero-order chi connectivity index (χ0) is 15.0. The predicted octanol–water partition coefficient (Wildman–Crippen LogP) is 6.61. The minimum atomic E-state index is -0.545. The predicted molar refractivity (Wildman–Crippen MR) is 88.1 cm³/mol. The molecule has 0 N–H and O–H groups in total. The molecule has 0 fully saturated rings. The third kappa shape index (κ3) is 2.62. The quantitative estimate of drug-likeness (QED) is 0.461. The first-order valence-corrected chi connectivity index (χ1v) is 7.54. The van der Waals surface area contributed by atoms with Crippen molar-refractivity contribution in [3.05, 3.63) is 81.6 Å². The third-order valence-corrected chi connectivity index (χ3v) is 4.54. The van der Waals surface area contributed by atoms with E-state index in [2.05, 4.69) is 0 Å². The van der Waals surface area contributed by atoms with Gasteiger partial charge in [-0.15, -0.1) is 11.6 Å². The molecule has 3 rings (SSSR count). The van der Waals surface area contributed by atoms with Gasteiger partial charge in [0.2, 0.25) is 0 Å². The van der Waals surface area contributed by atoms with Crippen molar-refractivity contribution in [1.82, 2.24) is 0 Å². The molecule has 3 aromatic carbocycles. The van der Waals surface area contributed by atoms with Gasteiger partial charge in [0.05, 0.1) is 5.38 Å². The lowest BCUT2D eigenvalue weighted by Crippen LogP contribution is -1.98. The summed E-state index contributed by atoms with van der Waals surface area (Å²) in [6.45, 7) is 0. The fourth-order valence-electron chi connectivity index (χ4n) is 2.41. The van der Waals surface area contributed by atoms with Crippen molar-refractivity contribution in [2.45, 2.75) is 5.38 Å². The van der Waals surface area contributed by atoms with Gasteiger partial charge < -0.3 is 0 Å². The Hall–Kier alpha value is -1.28. The van der Waals surface area contributed by atoms with Gasteiger partial charge in [-0.25, -0.2) is 4.39 Å². The highest BCUT2D eigenvalue weighted by molar-refractivity contribution is 6.38. The molecular weight excluding hydrogens is 330 g/mol. The van der Waals surface area contributed by atoms with Crippen LogP contribution in [0.15, 0.2) is 54.6 Å². The standard InChI is InChI=1S/C17H10Cl3F/c18-13-6-3-7-14(19)16(13)17(20)12-8-9-15(21)11-5-2-1-4-10(11)12/h1-9,17H. The van der Waals surface area contributed by atoms with Gasteiger partial charge in [0.1, 0.15) is 5.82 Å². The lowest BCUT2D eigenvalue weighted by Gasteiger charge is -2.16. The van der Waals surface area contributed by atoms with E-state index in [9.17, 15) is 4.39 Å². The Bertz CT molecular complexity index is 794. The van der Waals surface area contributed by atoms with Crippen LogP contribution in [0, 0.1) is 5.82 Å². The van der Waals surface area contributed by atoms with E-state index in [-0.39, 0.29) is 5.82 Å². The average molecular weight is 340 g/mol. The van der Waals surface area contributed by atoms with Crippen LogP contribution in [0.1, 0.15) is 16.5 Å². The second-order valence-corrected chi connectivity index (χ2v) is 5.93. The molecule has 0 saturated heterocycles. The Balaban J connectivity index is 2.23. The van der Waals surface area contributed by atoms with Crippen molar-refractivity contribution >= 4 is 45.6 Å². The summed E-state index contributed by atoms with van der Waals surface area (Å²) in [4.78, 5) is 0. The van der Waals surface area contributed by atoms with Crippen molar-refractivity contribution in [2.24, 2.45) is 0 Å². The van der Waals surface area contributed by atoms with Gasteiger partial charge in [-0.2, -0.15) is 0 Å². The summed E-state index contributed by atoms with van der Waals surface area (Å²) in [5, 5.41) is 1.74. The van der Waals surface area contributed by atoms with E-state index in [0.717, 1.165) is 10.9 Å². The van der Waals surface area contributed by atoms with Crippen LogP contribution >= 0.6 is 34.8 Å². The Kier molecular flexibility index (Phi) is 4.08. The summed E-state index contributed by atoms with van der Waals surface area (Å²) in [7, 11) is 0. The number of rotatable bonds is 2. The van der Waals surface area contributed by atoms with Crippen molar-refractivity contribution in [3.63, 3.8) is 0 Å². The first-order valence-electron chi connectivity index (χ1n) is 6.34. The number of alkyl halides is 1. The summed E-state index contributed by atoms with van der Waals surface area (Å²) >= 11 is 19.0. The van der Waals surface area contributed by atoms with E-state index in [0.29, 0.717) is 21.0 Å². The molecule has 0 radical (unpaired) electrons. The molecule has 0 spiro atoms. The second kappa shape index (κ2) is 5.84. The van der Waals surface area contributed by atoms with Crippen LogP contribution in [-0.4, -0.2) is 0 Å². The molecule has 106 valence electrons. The number of hydrogen-bond acceptors (Lipinski definition) is 0.